The third-order valence-electron chi connectivity index (χ3n) is 2.71. The minimum Gasteiger partial charge on any atom is -0.314 e. The zero-order valence-corrected chi connectivity index (χ0v) is 11.8. The van der Waals surface area contributed by atoms with Crippen molar-refractivity contribution in [3.63, 3.8) is 0 Å². The van der Waals surface area contributed by atoms with Gasteiger partial charge in [0.05, 0.1) is 0 Å². The van der Waals surface area contributed by atoms with E-state index in [0.29, 0.717) is 6.04 Å². The molecule has 0 amide bonds. The van der Waals surface area contributed by atoms with Crippen LogP contribution in [-0.2, 0) is 6.54 Å². The largest absolute Gasteiger partial charge is 0.314 e. The van der Waals surface area contributed by atoms with Crippen molar-refractivity contribution in [2.45, 2.75) is 39.8 Å². The SMILES string of the molecule is Cc1ccc(Cl)cc1CNCCCNC(C)C. The van der Waals surface area contributed by atoms with Crippen molar-refractivity contribution < 1.29 is 0 Å². The van der Waals surface area contributed by atoms with E-state index in [2.05, 4.69) is 37.5 Å². The van der Waals surface area contributed by atoms with E-state index >= 15 is 0 Å². The molecule has 0 atom stereocenters. The zero-order chi connectivity index (χ0) is 12.7. The predicted octanol–water partition coefficient (Wildman–Crippen LogP) is 3.13. The Labute approximate surface area is 110 Å². The van der Waals surface area contributed by atoms with Crippen LogP contribution in [0.15, 0.2) is 18.2 Å². The van der Waals surface area contributed by atoms with Crippen LogP contribution < -0.4 is 10.6 Å². The van der Waals surface area contributed by atoms with Crippen LogP contribution in [0.3, 0.4) is 0 Å². The van der Waals surface area contributed by atoms with Gasteiger partial charge in [-0.15, -0.1) is 0 Å². The normalized spacial score (nSPS) is 11.1. The molecule has 96 valence electrons. The van der Waals surface area contributed by atoms with Crippen molar-refractivity contribution in [3.05, 3.63) is 34.3 Å². The number of halogens is 1. The van der Waals surface area contributed by atoms with Crippen molar-refractivity contribution in [1.82, 2.24) is 10.6 Å². The molecule has 0 spiro atoms. The smallest absolute Gasteiger partial charge is 0.0409 e. The summed E-state index contributed by atoms with van der Waals surface area (Å²) in [5, 5.41) is 7.66. The van der Waals surface area contributed by atoms with Gasteiger partial charge in [0.15, 0.2) is 0 Å². The number of aryl methyl sites for hydroxylation is 1. The van der Waals surface area contributed by atoms with E-state index < -0.39 is 0 Å². The minimum absolute atomic E-state index is 0.574. The van der Waals surface area contributed by atoms with E-state index in [1.165, 1.54) is 11.1 Å². The van der Waals surface area contributed by atoms with Crippen molar-refractivity contribution in [1.29, 1.82) is 0 Å². The average Bonchev–Trinajstić information content (AvgIpc) is 2.27. The van der Waals surface area contributed by atoms with Gasteiger partial charge in [-0.25, -0.2) is 0 Å². The van der Waals surface area contributed by atoms with Gasteiger partial charge in [0.1, 0.15) is 0 Å². The molecule has 17 heavy (non-hydrogen) atoms. The van der Waals surface area contributed by atoms with Crippen LogP contribution in [0.5, 0.6) is 0 Å². The number of hydrogen-bond acceptors (Lipinski definition) is 2. The van der Waals surface area contributed by atoms with Crippen LogP contribution in [0.25, 0.3) is 0 Å². The Kier molecular flexibility index (Phi) is 6.56. The highest BCUT2D eigenvalue weighted by molar-refractivity contribution is 6.30. The second-order valence-corrected chi connectivity index (χ2v) is 5.15. The fraction of sp³-hybridized carbons (Fsp3) is 0.571. The van der Waals surface area contributed by atoms with Gasteiger partial charge in [-0.05, 0) is 49.7 Å². The standard InChI is InChI=1S/C14H23ClN2/c1-11(2)17-8-4-7-16-10-13-9-14(15)6-5-12(13)3/h5-6,9,11,16-17H,4,7-8,10H2,1-3H3. The van der Waals surface area contributed by atoms with E-state index in [4.69, 9.17) is 11.6 Å². The Hall–Kier alpha value is -0.570. The lowest BCUT2D eigenvalue weighted by molar-refractivity contribution is 0.547. The average molecular weight is 255 g/mol. The van der Waals surface area contributed by atoms with Crippen LogP contribution in [0.1, 0.15) is 31.4 Å². The summed E-state index contributed by atoms with van der Waals surface area (Å²) >= 11 is 5.98. The molecule has 0 heterocycles. The Bertz CT molecular complexity index is 337. The summed E-state index contributed by atoms with van der Waals surface area (Å²) in [6.07, 6.45) is 1.15. The Morgan fingerprint density at radius 3 is 2.71 bits per heavy atom. The molecule has 2 N–H and O–H groups in total. The summed E-state index contributed by atoms with van der Waals surface area (Å²) < 4.78 is 0. The molecule has 1 rings (SSSR count). The van der Waals surface area contributed by atoms with E-state index in [-0.39, 0.29) is 0 Å². The Morgan fingerprint density at radius 2 is 2.00 bits per heavy atom. The van der Waals surface area contributed by atoms with Gasteiger partial charge < -0.3 is 10.6 Å². The van der Waals surface area contributed by atoms with Crippen molar-refractivity contribution in [2.75, 3.05) is 13.1 Å². The molecule has 0 saturated heterocycles. The second kappa shape index (κ2) is 7.70. The topological polar surface area (TPSA) is 24.1 Å². The lowest BCUT2D eigenvalue weighted by Gasteiger charge is -2.10. The molecule has 0 bridgehead atoms. The maximum Gasteiger partial charge on any atom is 0.0409 e. The Morgan fingerprint density at radius 1 is 1.24 bits per heavy atom. The molecular weight excluding hydrogens is 232 g/mol. The quantitative estimate of drug-likeness (QED) is 0.731. The molecule has 0 aliphatic heterocycles. The van der Waals surface area contributed by atoms with E-state index in [1.54, 1.807) is 0 Å². The summed E-state index contributed by atoms with van der Waals surface area (Å²) in [5.41, 5.74) is 2.58. The highest BCUT2D eigenvalue weighted by Crippen LogP contribution is 2.14. The molecule has 0 aliphatic rings. The molecular formula is C14H23ClN2. The molecule has 0 aliphatic carbocycles. The third-order valence-corrected chi connectivity index (χ3v) is 2.94. The van der Waals surface area contributed by atoms with Crippen molar-refractivity contribution in [3.8, 4) is 0 Å². The van der Waals surface area contributed by atoms with Gasteiger partial charge in [-0.3, -0.25) is 0 Å². The molecule has 0 saturated carbocycles. The molecule has 0 unspecified atom stereocenters. The lowest BCUT2D eigenvalue weighted by Crippen LogP contribution is -2.26. The first-order valence-corrected chi connectivity index (χ1v) is 6.66. The highest BCUT2D eigenvalue weighted by Gasteiger charge is 1.99. The highest BCUT2D eigenvalue weighted by atomic mass is 35.5. The van der Waals surface area contributed by atoms with Gasteiger partial charge in [0.25, 0.3) is 0 Å². The maximum absolute atomic E-state index is 5.98. The number of nitrogens with one attached hydrogen (secondary N) is 2. The van der Waals surface area contributed by atoms with Gasteiger partial charge >= 0.3 is 0 Å². The number of benzene rings is 1. The lowest BCUT2D eigenvalue weighted by atomic mass is 10.1. The van der Waals surface area contributed by atoms with E-state index in [1.807, 2.05) is 12.1 Å². The van der Waals surface area contributed by atoms with Crippen LogP contribution in [0.4, 0.5) is 0 Å². The summed E-state index contributed by atoms with van der Waals surface area (Å²) in [7, 11) is 0. The number of rotatable bonds is 7. The van der Waals surface area contributed by atoms with Gasteiger partial charge in [0, 0.05) is 17.6 Å². The van der Waals surface area contributed by atoms with Crippen LogP contribution >= 0.6 is 11.6 Å². The second-order valence-electron chi connectivity index (χ2n) is 4.71. The Balaban J connectivity index is 2.20. The monoisotopic (exact) mass is 254 g/mol. The first-order chi connectivity index (χ1) is 8.09. The maximum atomic E-state index is 5.98. The van der Waals surface area contributed by atoms with Crippen LogP contribution in [0, 0.1) is 6.92 Å². The first kappa shape index (κ1) is 14.5. The minimum atomic E-state index is 0.574. The van der Waals surface area contributed by atoms with E-state index in [0.717, 1.165) is 31.1 Å². The molecule has 2 nitrogen and oxygen atoms in total. The summed E-state index contributed by atoms with van der Waals surface area (Å²) in [5.74, 6) is 0. The predicted molar refractivity (Wildman–Crippen MR) is 75.7 cm³/mol. The third kappa shape index (κ3) is 6.06. The molecule has 1 aromatic rings. The van der Waals surface area contributed by atoms with E-state index in [9.17, 15) is 0 Å². The van der Waals surface area contributed by atoms with Gasteiger partial charge in [-0.2, -0.15) is 0 Å². The summed E-state index contributed by atoms with van der Waals surface area (Å²) in [6.45, 7) is 9.46. The van der Waals surface area contributed by atoms with Crippen molar-refractivity contribution >= 4 is 11.6 Å². The molecule has 0 fully saturated rings. The molecule has 0 radical (unpaired) electrons. The fourth-order valence-corrected chi connectivity index (χ4v) is 1.85. The van der Waals surface area contributed by atoms with Crippen LogP contribution in [0.2, 0.25) is 5.02 Å². The zero-order valence-electron chi connectivity index (χ0n) is 11.0. The van der Waals surface area contributed by atoms with Gasteiger partial charge in [-0.1, -0.05) is 31.5 Å². The van der Waals surface area contributed by atoms with Gasteiger partial charge in [0.2, 0.25) is 0 Å². The fourth-order valence-electron chi connectivity index (χ4n) is 1.66. The number of hydrogen-bond donors (Lipinski definition) is 2. The molecule has 1 aromatic carbocycles. The molecule has 0 aromatic heterocycles. The molecule has 3 heteroatoms. The summed E-state index contributed by atoms with van der Waals surface area (Å²) in [6, 6.07) is 6.62. The van der Waals surface area contributed by atoms with Crippen molar-refractivity contribution in [2.24, 2.45) is 0 Å². The summed E-state index contributed by atoms with van der Waals surface area (Å²) in [4.78, 5) is 0. The van der Waals surface area contributed by atoms with Crippen LogP contribution in [-0.4, -0.2) is 19.1 Å². The first-order valence-electron chi connectivity index (χ1n) is 6.28.